The molecular weight excluding hydrogens is 440 g/mol. The molecule has 5 nitrogen and oxygen atoms in total. The van der Waals surface area contributed by atoms with Gasteiger partial charge in [0, 0.05) is 19.9 Å². The van der Waals surface area contributed by atoms with Crippen molar-refractivity contribution in [1.29, 1.82) is 0 Å². The average molecular weight is 452 g/mol. The lowest BCUT2D eigenvalue weighted by Gasteiger charge is -2.07. The van der Waals surface area contributed by atoms with Crippen LogP contribution in [0.2, 0.25) is 0 Å². The second-order valence-electron chi connectivity index (χ2n) is 5.08. The molecule has 3 aromatic rings. The lowest BCUT2D eigenvalue weighted by Crippen LogP contribution is -2.41. The van der Waals surface area contributed by atoms with Gasteiger partial charge >= 0.3 is 5.91 Å². The molecule has 0 unspecified atom stereocenters. The van der Waals surface area contributed by atoms with Crippen LogP contribution >= 0.6 is 31.9 Å². The van der Waals surface area contributed by atoms with Crippen molar-refractivity contribution in [2.24, 2.45) is 0 Å². The van der Waals surface area contributed by atoms with E-state index in [4.69, 9.17) is 4.42 Å². The number of nitrogens with one attached hydrogen (secondary N) is 2. The van der Waals surface area contributed by atoms with Crippen LogP contribution in [0.4, 0.5) is 0 Å². The molecule has 0 aliphatic heterocycles. The van der Waals surface area contributed by atoms with Crippen molar-refractivity contribution in [3.8, 4) is 0 Å². The molecule has 0 saturated heterocycles. The van der Waals surface area contributed by atoms with Crippen molar-refractivity contribution in [3.63, 3.8) is 0 Å². The van der Waals surface area contributed by atoms with E-state index in [-0.39, 0.29) is 5.76 Å². The van der Waals surface area contributed by atoms with Gasteiger partial charge in [0.15, 0.2) is 5.76 Å². The van der Waals surface area contributed by atoms with Gasteiger partial charge in [-0.2, -0.15) is 0 Å². The number of hydrogen-bond donors (Lipinski definition) is 2. The van der Waals surface area contributed by atoms with Crippen LogP contribution in [-0.4, -0.2) is 11.8 Å². The smallest absolute Gasteiger partial charge is 0.305 e. The SMILES string of the molecule is Cc1c(C(=O)NNC(=O)c2ccccc2Br)oc2ccc(Br)cc12. The summed E-state index contributed by atoms with van der Waals surface area (Å²) in [6, 6.07) is 12.4. The summed E-state index contributed by atoms with van der Waals surface area (Å²) < 4.78 is 7.12. The number of hydrogen-bond acceptors (Lipinski definition) is 3. The molecule has 0 atom stereocenters. The highest BCUT2D eigenvalue weighted by atomic mass is 79.9. The standard InChI is InChI=1S/C17H12Br2N2O3/c1-9-12-8-10(18)6-7-14(12)24-15(9)17(23)21-20-16(22)11-4-2-3-5-13(11)19/h2-8H,1H3,(H,20,22)(H,21,23). The van der Waals surface area contributed by atoms with Crippen LogP contribution in [0.1, 0.15) is 26.5 Å². The van der Waals surface area contributed by atoms with E-state index in [0.717, 1.165) is 9.86 Å². The first-order chi connectivity index (χ1) is 11.5. The average Bonchev–Trinajstić information content (AvgIpc) is 2.89. The quantitative estimate of drug-likeness (QED) is 0.569. The van der Waals surface area contributed by atoms with Gasteiger partial charge in [0.2, 0.25) is 0 Å². The molecule has 1 aromatic heterocycles. The molecule has 3 rings (SSSR count). The number of aryl methyl sites for hydroxylation is 1. The molecule has 2 aromatic carbocycles. The van der Waals surface area contributed by atoms with E-state index in [1.54, 1.807) is 37.3 Å². The number of hydrazine groups is 1. The normalized spacial score (nSPS) is 10.6. The zero-order valence-corrected chi connectivity index (χ0v) is 15.7. The van der Waals surface area contributed by atoms with Crippen LogP contribution in [-0.2, 0) is 0 Å². The van der Waals surface area contributed by atoms with Gasteiger partial charge < -0.3 is 4.42 Å². The number of amides is 2. The Morgan fingerprint density at radius 1 is 1.00 bits per heavy atom. The largest absolute Gasteiger partial charge is 0.451 e. The van der Waals surface area contributed by atoms with Crippen molar-refractivity contribution in [1.82, 2.24) is 10.9 Å². The van der Waals surface area contributed by atoms with Gasteiger partial charge in [-0.25, -0.2) is 0 Å². The van der Waals surface area contributed by atoms with Crippen molar-refractivity contribution in [3.05, 3.63) is 68.3 Å². The minimum Gasteiger partial charge on any atom is -0.451 e. The lowest BCUT2D eigenvalue weighted by atomic mass is 10.1. The van der Waals surface area contributed by atoms with E-state index in [1.807, 2.05) is 12.1 Å². The lowest BCUT2D eigenvalue weighted by molar-refractivity contribution is 0.0831. The topological polar surface area (TPSA) is 71.3 Å². The zero-order chi connectivity index (χ0) is 17.3. The van der Waals surface area contributed by atoms with E-state index in [1.165, 1.54) is 0 Å². The number of carbonyl (C=O) groups excluding carboxylic acids is 2. The second kappa shape index (κ2) is 6.78. The second-order valence-corrected chi connectivity index (χ2v) is 6.85. The molecule has 0 saturated carbocycles. The van der Waals surface area contributed by atoms with E-state index >= 15 is 0 Å². The minimum atomic E-state index is -0.514. The van der Waals surface area contributed by atoms with Gasteiger partial charge in [-0.1, -0.05) is 28.1 Å². The number of halogens is 2. The molecule has 2 N–H and O–H groups in total. The molecule has 7 heteroatoms. The third-order valence-electron chi connectivity index (χ3n) is 3.51. The van der Waals surface area contributed by atoms with Gasteiger partial charge in [-0.3, -0.25) is 20.4 Å². The molecule has 0 bridgehead atoms. The van der Waals surface area contributed by atoms with Crippen LogP contribution in [0.15, 0.2) is 55.8 Å². The van der Waals surface area contributed by atoms with Gasteiger partial charge in [-0.05, 0) is 53.2 Å². The van der Waals surface area contributed by atoms with Crippen LogP contribution in [0, 0.1) is 6.92 Å². The highest BCUT2D eigenvalue weighted by molar-refractivity contribution is 9.10. The molecule has 122 valence electrons. The van der Waals surface area contributed by atoms with Gasteiger partial charge in [0.05, 0.1) is 5.56 Å². The van der Waals surface area contributed by atoms with Crippen molar-refractivity contribution in [2.45, 2.75) is 6.92 Å². The fourth-order valence-corrected chi connectivity index (χ4v) is 3.12. The highest BCUT2D eigenvalue weighted by Gasteiger charge is 2.19. The summed E-state index contributed by atoms with van der Waals surface area (Å²) in [7, 11) is 0. The van der Waals surface area contributed by atoms with E-state index in [0.29, 0.717) is 21.2 Å². The predicted molar refractivity (Wildman–Crippen MR) is 97.7 cm³/mol. The molecule has 24 heavy (non-hydrogen) atoms. The van der Waals surface area contributed by atoms with Crippen molar-refractivity contribution in [2.75, 3.05) is 0 Å². The Morgan fingerprint density at radius 3 is 2.46 bits per heavy atom. The summed E-state index contributed by atoms with van der Waals surface area (Å²) in [4.78, 5) is 24.4. The van der Waals surface area contributed by atoms with E-state index in [9.17, 15) is 9.59 Å². The Bertz CT molecular complexity index is 950. The predicted octanol–water partition coefficient (Wildman–Crippen LogP) is 4.34. The summed E-state index contributed by atoms with van der Waals surface area (Å²) in [6.07, 6.45) is 0. The maximum atomic E-state index is 12.3. The van der Waals surface area contributed by atoms with E-state index in [2.05, 4.69) is 42.7 Å². The fraction of sp³-hybridized carbons (Fsp3) is 0.0588. The highest BCUT2D eigenvalue weighted by Crippen LogP contribution is 2.27. The summed E-state index contributed by atoms with van der Waals surface area (Å²) >= 11 is 6.69. The maximum Gasteiger partial charge on any atom is 0.305 e. The Hall–Kier alpha value is -2.12. The first kappa shape index (κ1) is 16.7. The third-order valence-corrected chi connectivity index (χ3v) is 4.70. The number of rotatable bonds is 2. The Kier molecular flexibility index (Phi) is 4.73. The zero-order valence-electron chi connectivity index (χ0n) is 12.5. The molecule has 0 fully saturated rings. The van der Waals surface area contributed by atoms with Crippen LogP contribution in [0.3, 0.4) is 0 Å². The molecule has 0 spiro atoms. The summed E-state index contributed by atoms with van der Waals surface area (Å²) in [5.41, 5.74) is 6.50. The monoisotopic (exact) mass is 450 g/mol. The first-order valence-electron chi connectivity index (χ1n) is 7.01. The number of furan rings is 1. The molecule has 0 radical (unpaired) electrons. The Labute approximate surface area is 154 Å². The maximum absolute atomic E-state index is 12.3. The first-order valence-corrected chi connectivity index (χ1v) is 8.60. The number of benzene rings is 2. The van der Waals surface area contributed by atoms with Crippen molar-refractivity contribution < 1.29 is 14.0 Å². The number of fused-ring (bicyclic) bond motifs is 1. The van der Waals surface area contributed by atoms with Crippen LogP contribution in [0.25, 0.3) is 11.0 Å². The molecule has 0 aliphatic rings. The summed E-state index contributed by atoms with van der Waals surface area (Å²) in [5.74, 6) is -0.775. The van der Waals surface area contributed by atoms with Gasteiger partial charge in [0.1, 0.15) is 5.58 Å². The van der Waals surface area contributed by atoms with Gasteiger partial charge in [0.25, 0.3) is 5.91 Å². The molecule has 1 heterocycles. The van der Waals surface area contributed by atoms with E-state index < -0.39 is 11.8 Å². The Balaban J connectivity index is 1.77. The number of carbonyl (C=O) groups is 2. The summed E-state index contributed by atoms with van der Waals surface area (Å²) in [6.45, 7) is 1.79. The molecule has 0 aliphatic carbocycles. The Morgan fingerprint density at radius 2 is 1.71 bits per heavy atom. The summed E-state index contributed by atoms with van der Waals surface area (Å²) in [5, 5.41) is 0.839. The fourth-order valence-electron chi connectivity index (χ4n) is 2.29. The third kappa shape index (κ3) is 3.22. The van der Waals surface area contributed by atoms with Crippen molar-refractivity contribution >= 4 is 54.6 Å². The van der Waals surface area contributed by atoms with Crippen LogP contribution < -0.4 is 10.9 Å². The molecule has 2 amide bonds. The van der Waals surface area contributed by atoms with Gasteiger partial charge in [-0.15, -0.1) is 0 Å². The molecular formula is C17H12Br2N2O3. The minimum absolute atomic E-state index is 0.163. The van der Waals surface area contributed by atoms with Crippen LogP contribution in [0.5, 0.6) is 0 Å².